The number of ketones is 1. The Morgan fingerprint density at radius 3 is 2.77 bits per heavy atom. The molecule has 0 spiro atoms. The number of amides is 1. The number of likely N-dealkylation sites (tertiary alicyclic amines) is 1. The molecule has 72 valence electrons. The molecule has 1 saturated carbocycles. The average Bonchev–Trinajstić information content (AvgIpc) is 2.46. The molecule has 1 aliphatic carbocycles. The minimum absolute atomic E-state index is 0.300. The quantitative estimate of drug-likeness (QED) is 0.608. The molecule has 2 fully saturated rings. The molecule has 13 heavy (non-hydrogen) atoms. The van der Waals surface area contributed by atoms with Gasteiger partial charge in [0, 0.05) is 25.9 Å². The Hall–Kier alpha value is -1.06. The van der Waals surface area contributed by atoms with Crippen LogP contribution in [0.15, 0.2) is 0 Å². The second-order valence-corrected chi connectivity index (χ2v) is 3.99. The number of Topliss-reactive ketones (excluding diaryl/α,β-unsaturated/α-hetero) is 1. The molecule has 1 amide bonds. The van der Waals surface area contributed by atoms with Crippen LogP contribution in [0.25, 0.3) is 0 Å². The third-order valence-electron chi connectivity index (χ3n) is 3.13. The number of rotatable bonds is 0. The van der Waals surface area contributed by atoms with Gasteiger partial charge in [-0.2, -0.15) is 0 Å². The predicted octanol–water partition coefficient (Wildman–Crippen LogP) is 0.965. The summed E-state index contributed by atoms with van der Waals surface area (Å²) in [4.78, 5) is 23.2. The summed E-state index contributed by atoms with van der Waals surface area (Å²) in [5, 5.41) is 8.77. The van der Waals surface area contributed by atoms with Gasteiger partial charge >= 0.3 is 6.09 Å². The summed E-state index contributed by atoms with van der Waals surface area (Å²) in [5.74, 6) is 1.04. The van der Waals surface area contributed by atoms with Crippen molar-refractivity contribution in [3.63, 3.8) is 0 Å². The lowest BCUT2D eigenvalue weighted by Gasteiger charge is -2.21. The van der Waals surface area contributed by atoms with Crippen molar-refractivity contribution in [2.24, 2.45) is 11.8 Å². The molecule has 0 aromatic heterocycles. The van der Waals surface area contributed by atoms with Gasteiger partial charge in [0.2, 0.25) is 0 Å². The number of fused-ring (bicyclic) bond motifs is 1. The van der Waals surface area contributed by atoms with E-state index in [9.17, 15) is 9.59 Å². The zero-order valence-electron chi connectivity index (χ0n) is 7.40. The van der Waals surface area contributed by atoms with Crippen LogP contribution in [0.5, 0.6) is 0 Å². The minimum Gasteiger partial charge on any atom is -0.465 e. The molecular weight excluding hydrogens is 170 g/mol. The van der Waals surface area contributed by atoms with Crippen molar-refractivity contribution in [3.05, 3.63) is 0 Å². The zero-order chi connectivity index (χ0) is 9.42. The summed E-state index contributed by atoms with van der Waals surface area (Å²) < 4.78 is 0. The monoisotopic (exact) mass is 183 g/mol. The maximum absolute atomic E-state index is 11.1. The largest absolute Gasteiger partial charge is 0.465 e. The summed E-state index contributed by atoms with van der Waals surface area (Å²) in [6, 6.07) is 0. The van der Waals surface area contributed by atoms with E-state index in [1.165, 1.54) is 4.90 Å². The standard InChI is InChI=1S/C9H13NO3/c11-8-2-1-6-4-10(9(12)13)5-7(6)3-8/h6-7H,1-5H2,(H,12,13). The van der Waals surface area contributed by atoms with Crippen molar-refractivity contribution < 1.29 is 14.7 Å². The molecule has 2 aliphatic rings. The first-order valence-electron chi connectivity index (χ1n) is 4.66. The fraction of sp³-hybridized carbons (Fsp3) is 0.778. The van der Waals surface area contributed by atoms with Crippen LogP contribution < -0.4 is 0 Å². The van der Waals surface area contributed by atoms with Gasteiger partial charge in [-0.15, -0.1) is 0 Å². The van der Waals surface area contributed by atoms with Gasteiger partial charge in [0.05, 0.1) is 0 Å². The van der Waals surface area contributed by atoms with Gasteiger partial charge in [-0.3, -0.25) is 4.79 Å². The Balaban J connectivity index is 2.02. The van der Waals surface area contributed by atoms with Crippen LogP contribution >= 0.6 is 0 Å². The van der Waals surface area contributed by atoms with Crippen LogP contribution in [0.3, 0.4) is 0 Å². The lowest BCUT2D eigenvalue weighted by molar-refractivity contribution is -0.122. The lowest BCUT2D eigenvalue weighted by Crippen LogP contribution is -2.26. The van der Waals surface area contributed by atoms with Crippen LogP contribution in [0.4, 0.5) is 4.79 Å². The maximum atomic E-state index is 11.1. The van der Waals surface area contributed by atoms with E-state index in [1.807, 2.05) is 0 Å². The highest BCUT2D eigenvalue weighted by molar-refractivity contribution is 5.79. The second kappa shape index (κ2) is 3.01. The van der Waals surface area contributed by atoms with E-state index in [-0.39, 0.29) is 0 Å². The number of carbonyl (C=O) groups is 2. The van der Waals surface area contributed by atoms with Gasteiger partial charge in [0.1, 0.15) is 5.78 Å². The van der Waals surface area contributed by atoms with E-state index in [2.05, 4.69) is 0 Å². The molecule has 2 atom stereocenters. The van der Waals surface area contributed by atoms with E-state index in [0.717, 1.165) is 6.42 Å². The Morgan fingerprint density at radius 1 is 1.38 bits per heavy atom. The van der Waals surface area contributed by atoms with Crippen LogP contribution in [-0.4, -0.2) is 35.0 Å². The molecule has 1 heterocycles. The van der Waals surface area contributed by atoms with Crippen molar-refractivity contribution in [2.45, 2.75) is 19.3 Å². The summed E-state index contributed by atoms with van der Waals surface area (Å²) >= 11 is 0. The van der Waals surface area contributed by atoms with Gasteiger partial charge in [0.25, 0.3) is 0 Å². The highest BCUT2D eigenvalue weighted by Gasteiger charge is 2.38. The molecule has 1 N–H and O–H groups in total. The molecule has 2 rings (SSSR count). The average molecular weight is 183 g/mol. The fourth-order valence-corrected chi connectivity index (χ4v) is 2.39. The van der Waals surface area contributed by atoms with Gasteiger partial charge in [-0.25, -0.2) is 4.79 Å². The number of nitrogens with zero attached hydrogens (tertiary/aromatic N) is 1. The number of carbonyl (C=O) groups excluding carboxylic acids is 1. The van der Waals surface area contributed by atoms with E-state index < -0.39 is 6.09 Å². The van der Waals surface area contributed by atoms with Crippen LogP contribution in [0.1, 0.15) is 19.3 Å². The van der Waals surface area contributed by atoms with Crippen LogP contribution in [0.2, 0.25) is 0 Å². The van der Waals surface area contributed by atoms with Gasteiger partial charge in [0.15, 0.2) is 0 Å². The third kappa shape index (κ3) is 1.53. The van der Waals surface area contributed by atoms with Crippen molar-refractivity contribution in [3.8, 4) is 0 Å². The fourth-order valence-electron chi connectivity index (χ4n) is 2.39. The first kappa shape index (κ1) is 8.53. The molecule has 4 heteroatoms. The number of hydrogen-bond donors (Lipinski definition) is 1. The van der Waals surface area contributed by atoms with E-state index in [0.29, 0.717) is 43.6 Å². The summed E-state index contributed by atoms with van der Waals surface area (Å²) in [6.07, 6.45) is 1.28. The molecule has 0 aromatic carbocycles. The Kier molecular flexibility index (Phi) is 1.98. The van der Waals surface area contributed by atoms with Crippen molar-refractivity contribution in [1.29, 1.82) is 0 Å². The van der Waals surface area contributed by atoms with E-state index in [1.54, 1.807) is 0 Å². The first-order chi connectivity index (χ1) is 6.16. The first-order valence-corrected chi connectivity index (χ1v) is 4.66. The number of hydrogen-bond acceptors (Lipinski definition) is 2. The lowest BCUT2D eigenvalue weighted by atomic mass is 9.81. The van der Waals surface area contributed by atoms with E-state index in [4.69, 9.17) is 5.11 Å². The topological polar surface area (TPSA) is 57.6 Å². The zero-order valence-corrected chi connectivity index (χ0v) is 7.40. The Morgan fingerprint density at radius 2 is 2.08 bits per heavy atom. The molecule has 0 radical (unpaired) electrons. The van der Waals surface area contributed by atoms with Crippen LogP contribution in [0, 0.1) is 11.8 Å². The smallest absolute Gasteiger partial charge is 0.407 e. The van der Waals surface area contributed by atoms with Crippen molar-refractivity contribution in [2.75, 3.05) is 13.1 Å². The van der Waals surface area contributed by atoms with Gasteiger partial charge in [-0.05, 0) is 18.3 Å². The normalized spacial score (nSPS) is 33.2. The summed E-state index contributed by atoms with van der Waals surface area (Å²) in [6.45, 7) is 1.19. The van der Waals surface area contributed by atoms with Gasteiger partial charge < -0.3 is 10.0 Å². The minimum atomic E-state index is -0.846. The molecular formula is C9H13NO3. The molecule has 0 bridgehead atoms. The van der Waals surface area contributed by atoms with E-state index >= 15 is 0 Å². The second-order valence-electron chi connectivity index (χ2n) is 3.99. The van der Waals surface area contributed by atoms with Gasteiger partial charge in [-0.1, -0.05) is 0 Å². The predicted molar refractivity (Wildman–Crippen MR) is 45.4 cm³/mol. The Labute approximate surface area is 76.5 Å². The Bertz CT molecular complexity index is 251. The summed E-state index contributed by atoms with van der Waals surface area (Å²) in [7, 11) is 0. The molecule has 4 nitrogen and oxygen atoms in total. The molecule has 2 unspecified atom stereocenters. The third-order valence-corrected chi connectivity index (χ3v) is 3.13. The summed E-state index contributed by atoms with van der Waals surface area (Å²) in [5.41, 5.74) is 0. The SMILES string of the molecule is O=C1CCC2CN(C(=O)O)CC2C1. The molecule has 1 aliphatic heterocycles. The molecule has 0 aromatic rings. The van der Waals surface area contributed by atoms with Crippen LogP contribution in [-0.2, 0) is 4.79 Å². The van der Waals surface area contributed by atoms with Crippen molar-refractivity contribution in [1.82, 2.24) is 4.90 Å². The van der Waals surface area contributed by atoms with Crippen molar-refractivity contribution >= 4 is 11.9 Å². The highest BCUT2D eigenvalue weighted by Crippen LogP contribution is 2.34. The maximum Gasteiger partial charge on any atom is 0.407 e. The molecule has 1 saturated heterocycles. The highest BCUT2D eigenvalue weighted by atomic mass is 16.4. The number of carboxylic acid groups (broad SMARTS) is 1.